The molecule has 1 nitrogen and oxygen atoms in total. The van der Waals surface area contributed by atoms with E-state index in [1.165, 1.54) is 18.9 Å². The zero-order valence-electron chi connectivity index (χ0n) is 10.2. The third kappa shape index (κ3) is 2.75. The van der Waals surface area contributed by atoms with Crippen LogP contribution in [0.25, 0.3) is 0 Å². The molecule has 88 valence electrons. The van der Waals surface area contributed by atoms with Crippen LogP contribution >= 0.6 is 0 Å². The molecule has 2 rings (SSSR count). The van der Waals surface area contributed by atoms with Gasteiger partial charge in [-0.1, -0.05) is 20.8 Å². The van der Waals surface area contributed by atoms with E-state index in [0.717, 1.165) is 23.8 Å². The van der Waals surface area contributed by atoms with Crippen molar-refractivity contribution in [3.63, 3.8) is 0 Å². The zero-order valence-corrected chi connectivity index (χ0v) is 10.2. The smallest absolute Gasteiger partial charge is 0.127 e. The predicted octanol–water partition coefficient (Wildman–Crippen LogP) is 3.91. The highest BCUT2D eigenvalue weighted by Gasteiger charge is 2.23. The Hall–Kier alpha value is -1.05. The van der Waals surface area contributed by atoms with Crippen LogP contribution in [-0.4, -0.2) is 6.61 Å². The number of ether oxygens (including phenoxy) is 1. The molecule has 0 radical (unpaired) electrons. The van der Waals surface area contributed by atoms with Crippen LogP contribution < -0.4 is 4.74 Å². The van der Waals surface area contributed by atoms with Crippen molar-refractivity contribution < 1.29 is 9.13 Å². The van der Waals surface area contributed by atoms with Crippen LogP contribution in [0.3, 0.4) is 0 Å². The molecule has 1 aliphatic rings. The first-order valence-electron chi connectivity index (χ1n) is 5.89. The summed E-state index contributed by atoms with van der Waals surface area (Å²) in [6.45, 7) is 6.80. The first-order chi connectivity index (χ1) is 7.47. The van der Waals surface area contributed by atoms with Crippen LogP contribution in [0.2, 0.25) is 0 Å². The van der Waals surface area contributed by atoms with Gasteiger partial charge in [0.2, 0.25) is 0 Å². The monoisotopic (exact) mass is 222 g/mol. The molecule has 1 aromatic carbocycles. The highest BCUT2D eigenvalue weighted by molar-refractivity contribution is 5.34. The summed E-state index contributed by atoms with van der Waals surface area (Å²) in [4.78, 5) is 0. The molecule has 0 spiro atoms. The van der Waals surface area contributed by atoms with E-state index in [1.807, 2.05) is 26.8 Å². The number of benzene rings is 1. The molecule has 0 unspecified atom stereocenters. The summed E-state index contributed by atoms with van der Waals surface area (Å²) in [6, 6.07) is 5.05. The molecule has 1 aromatic rings. The van der Waals surface area contributed by atoms with Crippen molar-refractivity contribution in [2.75, 3.05) is 6.61 Å². The van der Waals surface area contributed by atoms with Crippen LogP contribution in [0.1, 0.15) is 39.2 Å². The molecule has 2 heteroatoms. The Bertz CT molecular complexity index is 375. The van der Waals surface area contributed by atoms with E-state index in [1.54, 1.807) is 6.07 Å². The van der Waals surface area contributed by atoms with Crippen molar-refractivity contribution in [1.82, 2.24) is 0 Å². The van der Waals surface area contributed by atoms with Crippen LogP contribution in [0, 0.1) is 11.7 Å². The summed E-state index contributed by atoms with van der Waals surface area (Å²) >= 11 is 0. The molecule has 0 N–H and O–H groups in total. The van der Waals surface area contributed by atoms with Gasteiger partial charge in [-0.2, -0.15) is 0 Å². The molecule has 0 bridgehead atoms. The topological polar surface area (TPSA) is 9.23 Å². The third-order valence-corrected chi connectivity index (χ3v) is 2.93. The normalized spacial score (nSPS) is 16.2. The fourth-order valence-corrected chi connectivity index (χ4v) is 1.67. The van der Waals surface area contributed by atoms with Crippen molar-refractivity contribution in [3.8, 4) is 5.75 Å². The molecule has 1 aliphatic carbocycles. The number of halogens is 1. The molecule has 0 atom stereocenters. The lowest BCUT2D eigenvalue weighted by atomic mass is 9.86. The van der Waals surface area contributed by atoms with Crippen molar-refractivity contribution in [1.29, 1.82) is 0 Å². The van der Waals surface area contributed by atoms with Gasteiger partial charge in [0.1, 0.15) is 11.6 Å². The summed E-state index contributed by atoms with van der Waals surface area (Å²) in [5, 5.41) is 0. The molecule has 16 heavy (non-hydrogen) atoms. The van der Waals surface area contributed by atoms with E-state index in [9.17, 15) is 4.39 Å². The van der Waals surface area contributed by atoms with E-state index in [2.05, 4.69) is 0 Å². The van der Waals surface area contributed by atoms with E-state index in [4.69, 9.17) is 4.74 Å². The SMILES string of the molecule is CC(C)(C)c1cc(OCC2CC2)ccc1F. The van der Waals surface area contributed by atoms with E-state index >= 15 is 0 Å². The molecule has 0 amide bonds. The second-order valence-electron chi connectivity index (χ2n) is 5.65. The molecule has 0 saturated heterocycles. The van der Waals surface area contributed by atoms with Gasteiger partial charge in [0.05, 0.1) is 6.61 Å². The van der Waals surface area contributed by atoms with Crippen molar-refractivity contribution in [3.05, 3.63) is 29.6 Å². The predicted molar refractivity (Wildman–Crippen MR) is 63.3 cm³/mol. The van der Waals surface area contributed by atoms with Crippen molar-refractivity contribution in [2.24, 2.45) is 5.92 Å². The lowest BCUT2D eigenvalue weighted by Crippen LogP contribution is -2.14. The van der Waals surface area contributed by atoms with Crippen molar-refractivity contribution in [2.45, 2.75) is 39.0 Å². The van der Waals surface area contributed by atoms with Gasteiger partial charge in [-0.25, -0.2) is 4.39 Å². The maximum absolute atomic E-state index is 13.6. The minimum Gasteiger partial charge on any atom is -0.493 e. The largest absolute Gasteiger partial charge is 0.493 e. The van der Waals surface area contributed by atoms with E-state index in [-0.39, 0.29) is 11.2 Å². The Morgan fingerprint density at radius 3 is 2.56 bits per heavy atom. The van der Waals surface area contributed by atoms with Gasteiger partial charge in [0.25, 0.3) is 0 Å². The zero-order chi connectivity index (χ0) is 11.8. The van der Waals surface area contributed by atoms with Gasteiger partial charge in [0, 0.05) is 0 Å². The number of rotatable bonds is 3. The summed E-state index contributed by atoms with van der Waals surface area (Å²) in [5.74, 6) is 1.37. The van der Waals surface area contributed by atoms with Crippen LogP contribution in [-0.2, 0) is 5.41 Å². The van der Waals surface area contributed by atoms with Crippen LogP contribution in [0.15, 0.2) is 18.2 Å². The van der Waals surface area contributed by atoms with Gasteiger partial charge >= 0.3 is 0 Å². The first kappa shape index (κ1) is 11.4. The summed E-state index contributed by atoms with van der Waals surface area (Å²) < 4.78 is 19.3. The van der Waals surface area contributed by atoms with Crippen LogP contribution in [0.5, 0.6) is 5.75 Å². The fraction of sp³-hybridized carbons (Fsp3) is 0.571. The molecular weight excluding hydrogens is 203 g/mol. The average molecular weight is 222 g/mol. The molecule has 0 aromatic heterocycles. The lowest BCUT2D eigenvalue weighted by molar-refractivity contribution is 0.298. The summed E-state index contributed by atoms with van der Waals surface area (Å²) in [6.07, 6.45) is 2.54. The molecule has 0 heterocycles. The first-order valence-corrected chi connectivity index (χ1v) is 5.89. The molecular formula is C14H19FO. The fourth-order valence-electron chi connectivity index (χ4n) is 1.67. The Morgan fingerprint density at radius 2 is 2.00 bits per heavy atom. The van der Waals surface area contributed by atoms with E-state index < -0.39 is 0 Å². The van der Waals surface area contributed by atoms with Gasteiger partial charge in [0.15, 0.2) is 0 Å². The maximum Gasteiger partial charge on any atom is 0.127 e. The number of hydrogen-bond donors (Lipinski definition) is 0. The second-order valence-corrected chi connectivity index (χ2v) is 5.65. The maximum atomic E-state index is 13.6. The second kappa shape index (κ2) is 4.08. The molecule has 1 saturated carbocycles. The Kier molecular flexibility index (Phi) is 2.92. The third-order valence-electron chi connectivity index (χ3n) is 2.93. The average Bonchev–Trinajstić information content (AvgIpc) is 2.98. The Labute approximate surface area is 96.6 Å². The summed E-state index contributed by atoms with van der Waals surface area (Å²) in [7, 11) is 0. The highest BCUT2D eigenvalue weighted by Crippen LogP contribution is 2.31. The quantitative estimate of drug-likeness (QED) is 0.753. The van der Waals surface area contributed by atoms with Gasteiger partial charge in [-0.15, -0.1) is 0 Å². The van der Waals surface area contributed by atoms with Gasteiger partial charge in [-0.05, 0) is 47.9 Å². The minimum absolute atomic E-state index is 0.147. The highest BCUT2D eigenvalue weighted by atomic mass is 19.1. The number of hydrogen-bond acceptors (Lipinski definition) is 1. The Balaban J connectivity index is 2.13. The van der Waals surface area contributed by atoms with Gasteiger partial charge < -0.3 is 4.74 Å². The molecule has 1 fully saturated rings. The standard InChI is InChI=1S/C14H19FO/c1-14(2,3)12-8-11(6-7-13(12)15)16-9-10-4-5-10/h6-8,10H,4-5,9H2,1-3H3. The lowest BCUT2D eigenvalue weighted by Gasteiger charge is -2.20. The molecule has 0 aliphatic heterocycles. The van der Waals surface area contributed by atoms with Crippen molar-refractivity contribution >= 4 is 0 Å². The van der Waals surface area contributed by atoms with Gasteiger partial charge in [-0.3, -0.25) is 0 Å². The Morgan fingerprint density at radius 1 is 1.31 bits per heavy atom. The van der Waals surface area contributed by atoms with E-state index in [0.29, 0.717) is 0 Å². The minimum atomic E-state index is -0.178. The van der Waals surface area contributed by atoms with Crippen LogP contribution in [0.4, 0.5) is 4.39 Å². The summed E-state index contributed by atoms with van der Waals surface area (Å²) in [5.41, 5.74) is 0.545.